The van der Waals surface area contributed by atoms with Crippen LogP contribution in [0.5, 0.6) is 0 Å². The molecular formula is C20H26Cl3N3O. The Hall–Kier alpha value is -1.46. The maximum Gasteiger partial charge on any atom is 0.217 e. The number of piperazine rings is 1. The number of para-hydroxylation sites is 1. The number of benzene rings is 2. The molecule has 1 aliphatic heterocycles. The average molecular weight is 431 g/mol. The fourth-order valence-electron chi connectivity index (χ4n) is 3.10. The monoisotopic (exact) mass is 429 g/mol. The van der Waals surface area contributed by atoms with Crippen molar-refractivity contribution in [3.05, 3.63) is 64.7 Å². The lowest BCUT2D eigenvalue weighted by Crippen LogP contribution is -2.46. The fraction of sp³-hybridized carbons (Fsp3) is 0.350. The van der Waals surface area contributed by atoms with Gasteiger partial charge in [-0.25, -0.2) is 0 Å². The maximum absolute atomic E-state index is 11.0. The van der Waals surface area contributed by atoms with Crippen LogP contribution >= 0.6 is 36.4 Å². The summed E-state index contributed by atoms with van der Waals surface area (Å²) in [6, 6.07) is 16.5. The van der Waals surface area contributed by atoms with E-state index in [1.54, 1.807) is 0 Å². The Morgan fingerprint density at radius 1 is 0.963 bits per heavy atom. The predicted molar refractivity (Wildman–Crippen MR) is 117 cm³/mol. The second-order valence-corrected chi connectivity index (χ2v) is 6.85. The standard InChI is InChI=1S/C20H24ClN3O.2ClH/c1-16(25)22-14-17-6-8-18(9-7-17)15-23-10-12-24(13-11-23)20-5-3-2-4-19(20)21;;/h2-9H,10-15H2,1H3,(H,22,25);2*1H. The van der Waals surface area contributed by atoms with Crippen LogP contribution in [0, 0.1) is 0 Å². The molecule has 1 amide bonds. The first-order valence-corrected chi connectivity index (χ1v) is 9.04. The first-order chi connectivity index (χ1) is 12.1. The number of carbonyl (C=O) groups excluding carboxylic acids is 1. The van der Waals surface area contributed by atoms with Gasteiger partial charge in [-0.1, -0.05) is 48.0 Å². The van der Waals surface area contributed by atoms with Gasteiger partial charge in [-0.3, -0.25) is 9.69 Å². The molecule has 1 aliphatic rings. The zero-order chi connectivity index (χ0) is 17.6. The van der Waals surface area contributed by atoms with Crippen molar-refractivity contribution in [2.75, 3.05) is 31.1 Å². The van der Waals surface area contributed by atoms with Gasteiger partial charge in [0.25, 0.3) is 0 Å². The van der Waals surface area contributed by atoms with Gasteiger partial charge in [0.15, 0.2) is 0 Å². The smallest absolute Gasteiger partial charge is 0.217 e. The van der Waals surface area contributed by atoms with E-state index in [0.29, 0.717) is 6.54 Å². The van der Waals surface area contributed by atoms with Crippen LogP contribution < -0.4 is 10.2 Å². The van der Waals surface area contributed by atoms with Crippen molar-refractivity contribution in [1.29, 1.82) is 0 Å². The van der Waals surface area contributed by atoms with Crippen molar-refractivity contribution >= 4 is 48.0 Å². The number of anilines is 1. The molecular weight excluding hydrogens is 405 g/mol. The number of halogens is 3. The van der Waals surface area contributed by atoms with Crippen LogP contribution in [0.2, 0.25) is 5.02 Å². The number of nitrogens with zero attached hydrogens (tertiary/aromatic N) is 2. The predicted octanol–water partition coefficient (Wildman–Crippen LogP) is 4.14. The first-order valence-electron chi connectivity index (χ1n) is 8.66. The molecule has 148 valence electrons. The molecule has 2 aromatic carbocycles. The quantitative estimate of drug-likeness (QED) is 0.774. The summed E-state index contributed by atoms with van der Waals surface area (Å²) < 4.78 is 0. The molecule has 0 aliphatic carbocycles. The number of carbonyl (C=O) groups is 1. The average Bonchev–Trinajstić information content (AvgIpc) is 2.62. The van der Waals surface area contributed by atoms with Gasteiger partial charge in [-0.05, 0) is 23.3 Å². The molecule has 0 radical (unpaired) electrons. The van der Waals surface area contributed by atoms with Crippen molar-refractivity contribution in [2.24, 2.45) is 0 Å². The molecule has 0 spiro atoms. The van der Waals surface area contributed by atoms with Crippen LogP contribution in [0.25, 0.3) is 0 Å². The lowest BCUT2D eigenvalue weighted by Gasteiger charge is -2.36. The number of hydrogen-bond donors (Lipinski definition) is 1. The summed E-state index contributed by atoms with van der Waals surface area (Å²) >= 11 is 6.30. The second kappa shape index (κ2) is 11.4. The molecule has 0 atom stereocenters. The first kappa shape index (κ1) is 23.6. The molecule has 1 fully saturated rings. The molecule has 1 saturated heterocycles. The summed E-state index contributed by atoms with van der Waals surface area (Å²) in [6.07, 6.45) is 0. The number of hydrogen-bond acceptors (Lipinski definition) is 3. The SMILES string of the molecule is CC(=O)NCc1ccc(CN2CCN(c3ccccc3Cl)CC2)cc1.Cl.Cl. The molecule has 0 bridgehead atoms. The van der Waals surface area contributed by atoms with Crippen molar-refractivity contribution in [3.8, 4) is 0 Å². The van der Waals surface area contributed by atoms with E-state index >= 15 is 0 Å². The van der Waals surface area contributed by atoms with E-state index in [2.05, 4.69) is 45.4 Å². The van der Waals surface area contributed by atoms with E-state index in [9.17, 15) is 4.79 Å². The van der Waals surface area contributed by atoms with Crippen molar-refractivity contribution in [2.45, 2.75) is 20.0 Å². The molecule has 0 unspecified atom stereocenters. The summed E-state index contributed by atoms with van der Waals surface area (Å²) in [4.78, 5) is 15.8. The largest absolute Gasteiger partial charge is 0.368 e. The molecule has 0 aromatic heterocycles. The topological polar surface area (TPSA) is 35.6 Å². The minimum absolute atomic E-state index is 0. The van der Waals surface area contributed by atoms with Crippen molar-refractivity contribution in [3.63, 3.8) is 0 Å². The Morgan fingerprint density at radius 2 is 1.56 bits per heavy atom. The number of nitrogens with one attached hydrogen (secondary N) is 1. The second-order valence-electron chi connectivity index (χ2n) is 6.44. The van der Waals surface area contributed by atoms with Gasteiger partial charge in [0, 0.05) is 46.2 Å². The molecule has 7 heteroatoms. The Morgan fingerprint density at radius 3 is 2.15 bits per heavy atom. The van der Waals surface area contributed by atoms with Gasteiger partial charge in [0.05, 0.1) is 10.7 Å². The lowest BCUT2D eigenvalue weighted by atomic mass is 10.1. The third-order valence-corrected chi connectivity index (χ3v) is 4.86. The Kier molecular flexibility index (Phi) is 9.95. The van der Waals surface area contributed by atoms with E-state index in [0.717, 1.165) is 49.0 Å². The highest BCUT2D eigenvalue weighted by atomic mass is 35.5. The Bertz CT molecular complexity index is 717. The van der Waals surface area contributed by atoms with Gasteiger partial charge < -0.3 is 10.2 Å². The lowest BCUT2D eigenvalue weighted by molar-refractivity contribution is -0.119. The molecule has 1 heterocycles. The van der Waals surface area contributed by atoms with E-state index in [1.807, 2.05) is 18.2 Å². The van der Waals surface area contributed by atoms with Crippen molar-refractivity contribution < 1.29 is 4.79 Å². The highest BCUT2D eigenvalue weighted by molar-refractivity contribution is 6.33. The summed E-state index contributed by atoms with van der Waals surface area (Å²) in [7, 11) is 0. The fourth-order valence-corrected chi connectivity index (χ4v) is 3.36. The van der Waals surface area contributed by atoms with Crippen LogP contribution in [0.15, 0.2) is 48.5 Å². The van der Waals surface area contributed by atoms with E-state index in [-0.39, 0.29) is 30.7 Å². The summed E-state index contributed by atoms with van der Waals surface area (Å²) in [6.45, 7) is 7.12. The number of rotatable bonds is 5. The Labute approximate surface area is 178 Å². The van der Waals surface area contributed by atoms with Crippen LogP contribution in [0.3, 0.4) is 0 Å². The minimum atomic E-state index is 0. The minimum Gasteiger partial charge on any atom is -0.368 e. The normalized spacial score (nSPS) is 14.1. The van der Waals surface area contributed by atoms with Crippen LogP contribution in [-0.4, -0.2) is 37.0 Å². The van der Waals surface area contributed by atoms with Gasteiger partial charge in [-0.2, -0.15) is 0 Å². The van der Waals surface area contributed by atoms with Crippen molar-refractivity contribution in [1.82, 2.24) is 10.2 Å². The zero-order valence-electron chi connectivity index (χ0n) is 15.4. The molecule has 0 saturated carbocycles. The van der Waals surface area contributed by atoms with E-state index in [4.69, 9.17) is 11.6 Å². The Balaban J connectivity index is 0.00000182. The molecule has 1 N–H and O–H groups in total. The van der Waals surface area contributed by atoms with Crippen LogP contribution in [0.4, 0.5) is 5.69 Å². The van der Waals surface area contributed by atoms with Crippen LogP contribution in [-0.2, 0) is 17.9 Å². The third kappa shape index (κ3) is 6.89. The number of amides is 1. The highest BCUT2D eigenvalue weighted by Gasteiger charge is 2.18. The highest BCUT2D eigenvalue weighted by Crippen LogP contribution is 2.26. The summed E-state index contributed by atoms with van der Waals surface area (Å²) in [5.41, 5.74) is 3.56. The zero-order valence-corrected chi connectivity index (χ0v) is 17.7. The molecule has 2 aromatic rings. The third-order valence-electron chi connectivity index (χ3n) is 4.54. The molecule has 27 heavy (non-hydrogen) atoms. The van der Waals surface area contributed by atoms with Gasteiger partial charge in [0.2, 0.25) is 5.91 Å². The van der Waals surface area contributed by atoms with Gasteiger partial charge in [0.1, 0.15) is 0 Å². The van der Waals surface area contributed by atoms with Crippen LogP contribution in [0.1, 0.15) is 18.1 Å². The van der Waals surface area contributed by atoms with Gasteiger partial charge >= 0.3 is 0 Å². The van der Waals surface area contributed by atoms with E-state index in [1.165, 1.54) is 12.5 Å². The molecule has 3 rings (SSSR count). The van der Waals surface area contributed by atoms with E-state index < -0.39 is 0 Å². The summed E-state index contributed by atoms with van der Waals surface area (Å²) in [5, 5.41) is 3.65. The van der Waals surface area contributed by atoms with Gasteiger partial charge in [-0.15, -0.1) is 24.8 Å². The molecule has 4 nitrogen and oxygen atoms in total. The maximum atomic E-state index is 11.0. The summed E-state index contributed by atoms with van der Waals surface area (Å²) in [5.74, 6) is 0.000432.